The SMILES string of the molecule is CC(C)(C)CC(CC(=O)O)NC(=O)c1ccnc(F)c1. The quantitative estimate of drug-likeness (QED) is 0.812. The molecule has 1 atom stereocenters. The van der Waals surface area contributed by atoms with Gasteiger partial charge in [-0.2, -0.15) is 4.39 Å². The fourth-order valence-corrected chi connectivity index (χ4v) is 1.94. The third-order valence-corrected chi connectivity index (χ3v) is 2.60. The van der Waals surface area contributed by atoms with Crippen molar-refractivity contribution < 1.29 is 19.1 Å². The zero-order valence-corrected chi connectivity index (χ0v) is 11.8. The number of carbonyl (C=O) groups is 2. The Morgan fingerprint density at radius 2 is 2.10 bits per heavy atom. The first-order chi connectivity index (χ1) is 9.17. The third kappa shape index (κ3) is 5.77. The van der Waals surface area contributed by atoms with E-state index in [2.05, 4.69) is 10.3 Å². The molecule has 0 aromatic carbocycles. The lowest BCUT2D eigenvalue weighted by atomic mass is 9.87. The molecule has 110 valence electrons. The first-order valence-electron chi connectivity index (χ1n) is 6.31. The van der Waals surface area contributed by atoms with Gasteiger partial charge in [-0.25, -0.2) is 4.98 Å². The van der Waals surface area contributed by atoms with Gasteiger partial charge >= 0.3 is 5.97 Å². The lowest BCUT2D eigenvalue weighted by Crippen LogP contribution is -2.39. The van der Waals surface area contributed by atoms with Gasteiger partial charge in [0.2, 0.25) is 5.95 Å². The van der Waals surface area contributed by atoms with Crippen molar-refractivity contribution in [3.05, 3.63) is 29.8 Å². The summed E-state index contributed by atoms with van der Waals surface area (Å²) in [6.07, 6.45) is 1.54. The first kappa shape index (κ1) is 16.1. The summed E-state index contributed by atoms with van der Waals surface area (Å²) in [5.41, 5.74) is -0.00142. The van der Waals surface area contributed by atoms with Gasteiger partial charge in [-0.1, -0.05) is 20.8 Å². The van der Waals surface area contributed by atoms with Crippen LogP contribution in [0.2, 0.25) is 0 Å². The van der Waals surface area contributed by atoms with Crippen LogP contribution in [0, 0.1) is 11.4 Å². The molecule has 2 N–H and O–H groups in total. The van der Waals surface area contributed by atoms with Gasteiger partial charge in [0.05, 0.1) is 6.42 Å². The van der Waals surface area contributed by atoms with Gasteiger partial charge < -0.3 is 10.4 Å². The molecule has 0 fully saturated rings. The summed E-state index contributed by atoms with van der Waals surface area (Å²) in [7, 11) is 0. The number of nitrogens with one attached hydrogen (secondary N) is 1. The second-order valence-electron chi connectivity index (χ2n) is 5.90. The highest BCUT2D eigenvalue weighted by Gasteiger charge is 2.23. The topological polar surface area (TPSA) is 79.3 Å². The maximum atomic E-state index is 13.0. The van der Waals surface area contributed by atoms with Gasteiger partial charge in [0.1, 0.15) is 0 Å². The minimum absolute atomic E-state index is 0.127. The fourth-order valence-electron chi connectivity index (χ4n) is 1.94. The second-order valence-corrected chi connectivity index (χ2v) is 5.90. The highest BCUT2D eigenvalue weighted by atomic mass is 19.1. The van der Waals surface area contributed by atoms with Crippen molar-refractivity contribution in [1.82, 2.24) is 10.3 Å². The number of carbonyl (C=O) groups excluding carboxylic acids is 1. The van der Waals surface area contributed by atoms with Crippen molar-refractivity contribution >= 4 is 11.9 Å². The van der Waals surface area contributed by atoms with Gasteiger partial charge in [0, 0.05) is 23.9 Å². The van der Waals surface area contributed by atoms with E-state index in [1.807, 2.05) is 20.8 Å². The van der Waals surface area contributed by atoms with Crippen LogP contribution < -0.4 is 5.32 Å². The van der Waals surface area contributed by atoms with Gasteiger partial charge in [-0.3, -0.25) is 9.59 Å². The summed E-state index contributed by atoms with van der Waals surface area (Å²) in [5.74, 6) is -2.23. The van der Waals surface area contributed by atoms with Crippen LogP contribution in [0.5, 0.6) is 0 Å². The molecule has 1 rings (SSSR count). The van der Waals surface area contributed by atoms with E-state index < -0.39 is 23.9 Å². The largest absolute Gasteiger partial charge is 0.481 e. The molecular formula is C14H19FN2O3. The molecule has 1 aromatic rings. The minimum Gasteiger partial charge on any atom is -0.481 e. The van der Waals surface area contributed by atoms with Crippen molar-refractivity contribution in [3.63, 3.8) is 0 Å². The van der Waals surface area contributed by atoms with Crippen LogP contribution in [0.3, 0.4) is 0 Å². The van der Waals surface area contributed by atoms with Crippen molar-refractivity contribution in [2.75, 3.05) is 0 Å². The number of pyridine rings is 1. The van der Waals surface area contributed by atoms with Crippen LogP contribution >= 0.6 is 0 Å². The van der Waals surface area contributed by atoms with E-state index in [1.165, 1.54) is 12.3 Å². The van der Waals surface area contributed by atoms with E-state index in [9.17, 15) is 14.0 Å². The summed E-state index contributed by atoms with van der Waals surface area (Å²) >= 11 is 0. The Bertz CT molecular complexity index is 497. The predicted molar refractivity (Wildman–Crippen MR) is 71.8 cm³/mol. The summed E-state index contributed by atoms with van der Waals surface area (Å²) in [6.45, 7) is 5.88. The number of nitrogens with zero attached hydrogens (tertiary/aromatic N) is 1. The molecule has 0 aliphatic rings. The predicted octanol–water partition coefficient (Wildman–Crippen LogP) is 2.23. The number of amides is 1. The van der Waals surface area contributed by atoms with Crippen LogP contribution in [0.25, 0.3) is 0 Å². The molecule has 0 bridgehead atoms. The standard InChI is InChI=1S/C14H19FN2O3/c1-14(2,3)8-10(7-12(18)19)17-13(20)9-4-5-16-11(15)6-9/h4-6,10H,7-8H2,1-3H3,(H,17,20)(H,18,19). The van der Waals surface area contributed by atoms with Crippen molar-refractivity contribution in [2.24, 2.45) is 5.41 Å². The zero-order valence-electron chi connectivity index (χ0n) is 11.8. The van der Waals surface area contributed by atoms with Gasteiger partial charge in [0.25, 0.3) is 5.91 Å². The molecular weight excluding hydrogens is 263 g/mol. The van der Waals surface area contributed by atoms with E-state index in [4.69, 9.17) is 5.11 Å². The maximum Gasteiger partial charge on any atom is 0.305 e. The van der Waals surface area contributed by atoms with Crippen LogP contribution in [-0.2, 0) is 4.79 Å². The smallest absolute Gasteiger partial charge is 0.305 e. The number of aromatic nitrogens is 1. The Labute approximate surface area is 117 Å². The van der Waals surface area contributed by atoms with Crippen molar-refractivity contribution in [1.29, 1.82) is 0 Å². The zero-order chi connectivity index (χ0) is 15.3. The fraction of sp³-hybridized carbons (Fsp3) is 0.500. The van der Waals surface area contributed by atoms with E-state index in [-0.39, 0.29) is 17.4 Å². The Balaban J connectivity index is 2.78. The number of carboxylic acids is 1. The maximum absolute atomic E-state index is 13.0. The number of halogens is 1. The number of rotatable bonds is 5. The number of aliphatic carboxylic acids is 1. The summed E-state index contributed by atoms with van der Waals surface area (Å²) in [5, 5.41) is 11.5. The third-order valence-electron chi connectivity index (χ3n) is 2.60. The molecule has 0 spiro atoms. The van der Waals surface area contributed by atoms with Crippen LogP contribution in [0.15, 0.2) is 18.3 Å². The number of hydrogen-bond acceptors (Lipinski definition) is 3. The molecule has 5 nitrogen and oxygen atoms in total. The second kappa shape index (κ2) is 6.45. The lowest BCUT2D eigenvalue weighted by molar-refractivity contribution is -0.137. The van der Waals surface area contributed by atoms with Crippen molar-refractivity contribution in [2.45, 2.75) is 39.7 Å². The van der Waals surface area contributed by atoms with Gasteiger partial charge in [-0.05, 0) is 17.9 Å². The van der Waals surface area contributed by atoms with Gasteiger partial charge in [0.15, 0.2) is 0 Å². The van der Waals surface area contributed by atoms with Crippen LogP contribution in [0.1, 0.15) is 44.0 Å². The molecule has 0 radical (unpaired) electrons. The Morgan fingerprint density at radius 3 is 2.60 bits per heavy atom. The summed E-state index contributed by atoms with van der Waals surface area (Å²) < 4.78 is 13.0. The van der Waals surface area contributed by atoms with Crippen LogP contribution in [0.4, 0.5) is 4.39 Å². The summed E-state index contributed by atoms with van der Waals surface area (Å²) in [6, 6.07) is 1.90. The Kier molecular flexibility index (Phi) is 5.19. The number of carboxylic acid groups (broad SMARTS) is 1. The van der Waals surface area contributed by atoms with Crippen LogP contribution in [-0.4, -0.2) is 28.0 Å². The molecule has 20 heavy (non-hydrogen) atoms. The summed E-state index contributed by atoms with van der Waals surface area (Å²) in [4.78, 5) is 26.2. The molecule has 0 saturated carbocycles. The average molecular weight is 282 g/mol. The molecule has 1 heterocycles. The van der Waals surface area contributed by atoms with Gasteiger partial charge in [-0.15, -0.1) is 0 Å². The van der Waals surface area contributed by atoms with E-state index in [1.54, 1.807) is 0 Å². The highest BCUT2D eigenvalue weighted by Crippen LogP contribution is 2.22. The van der Waals surface area contributed by atoms with E-state index in [0.29, 0.717) is 6.42 Å². The average Bonchev–Trinajstić information content (AvgIpc) is 2.25. The Morgan fingerprint density at radius 1 is 1.45 bits per heavy atom. The highest BCUT2D eigenvalue weighted by molar-refractivity contribution is 5.94. The molecule has 0 saturated heterocycles. The molecule has 0 aliphatic heterocycles. The molecule has 1 amide bonds. The molecule has 6 heteroatoms. The molecule has 0 aliphatic carbocycles. The van der Waals surface area contributed by atoms with E-state index in [0.717, 1.165) is 6.07 Å². The molecule has 1 unspecified atom stereocenters. The molecule has 1 aromatic heterocycles. The van der Waals surface area contributed by atoms with E-state index >= 15 is 0 Å². The number of hydrogen-bond donors (Lipinski definition) is 2. The minimum atomic E-state index is -0.986. The first-order valence-corrected chi connectivity index (χ1v) is 6.31. The monoisotopic (exact) mass is 282 g/mol. The van der Waals surface area contributed by atoms with Crippen molar-refractivity contribution in [3.8, 4) is 0 Å². The normalized spacial score (nSPS) is 12.8. The lowest BCUT2D eigenvalue weighted by Gasteiger charge is -2.25. The Hall–Kier alpha value is -1.98.